The summed E-state index contributed by atoms with van der Waals surface area (Å²) in [6.07, 6.45) is 0.648. The molecule has 6 N–H and O–H groups in total. The molecule has 5 rings (SSSR count). The van der Waals surface area contributed by atoms with E-state index in [0.29, 0.717) is 26.0 Å². The third kappa shape index (κ3) is 3.80. The summed E-state index contributed by atoms with van der Waals surface area (Å²) < 4.78 is 0.439. The number of nitroso groups, excluding NO2 is 1. The lowest BCUT2D eigenvalue weighted by molar-refractivity contribution is -0.149. The van der Waals surface area contributed by atoms with Crippen LogP contribution in [0.3, 0.4) is 0 Å². The van der Waals surface area contributed by atoms with Crippen molar-refractivity contribution in [3.8, 4) is 10.4 Å². The predicted octanol–water partition coefficient (Wildman–Crippen LogP) is 3.28. The van der Waals surface area contributed by atoms with Crippen LogP contribution in [0.25, 0.3) is 10.4 Å². The summed E-state index contributed by atoms with van der Waals surface area (Å²) in [6, 6.07) is 3.83. The molecule has 1 heterocycles. The zero-order chi connectivity index (χ0) is 31.0. The summed E-state index contributed by atoms with van der Waals surface area (Å²) in [6.45, 7) is 0. The molecule has 0 spiro atoms. The Balaban J connectivity index is 1.86. The van der Waals surface area contributed by atoms with Crippen LogP contribution in [0, 0.1) is 21.6 Å². The van der Waals surface area contributed by atoms with E-state index >= 15 is 0 Å². The molecule has 0 fully saturated rings. The Kier molecular flexibility index (Phi) is 6.93. The van der Waals surface area contributed by atoms with Crippen LogP contribution in [-0.2, 0) is 16.0 Å². The van der Waals surface area contributed by atoms with E-state index in [4.69, 9.17) is 22.7 Å². The second-order valence-corrected chi connectivity index (χ2v) is 12.9. The topological polar surface area (TPSA) is 198 Å². The number of aliphatic hydroxyl groups is 3. The van der Waals surface area contributed by atoms with Gasteiger partial charge >= 0.3 is 0 Å². The van der Waals surface area contributed by atoms with Gasteiger partial charge in [0, 0.05) is 47.8 Å². The van der Waals surface area contributed by atoms with Crippen molar-refractivity contribution in [2.24, 2.45) is 22.2 Å². The number of hydrogen-bond donors (Lipinski definition) is 5. The van der Waals surface area contributed by atoms with Crippen LogP contribution >= 0.6 is 22.9 Å². The molecule has 2 aromatic rings. The molecule has 42 heavy (non-hydrogen) atoms. The predicted molar refractivity (Wildman–Crippen MR) is 158 cm³/mol. The highest BCUT2D eigenvalue weighted by Crippen LogP contribution is 2.58. The first-order valence-electron chi connectivity index (χ1n) is 12.8. The summed E-state index contributed by atoms with van der Waals surface area (Å²) in [5.41, 5.74) is 0.548. The van der Waals surface area contributed by atoms with Gasteiger partial charge in [-0.1, -0.05) is 11.6 Å². The number of carbonyl (C=O) groups is 3. The number of benzene rings is 1. The van der Waals surface area contributed by atoms with Crippen molar-refractivity contribution < 1.29 is 29.7 Å². The number of primary amides is 1. The summed E-state index contributed by atoms with van der Waals surface area (Å²) in [4.78, 5) is 56.4. The summed E-state index contributed by atoms with van der Waals surface area (Å²) >= 11 is 7.32. The van der Waals surface area contributed by atoms with Gasteiger partial charge in [0.25, 0.3) is 5.91 Å². The number of rotatable bonds is 6. The van der Waals surface area contributed by atoms with Gasteiger partial charge in [-0.2, -0.15) is 0 Å². The first-order valence-corrected chi connectivity index (χ1v) is 14.0. The van der Waals surface area contributed by atoms with Crippen LogP contribution in [0.5, 0.6) is 0 Å². The number of halogens is 1. The third-order valence-electron chi connectivity index (χ3n) is 8.53. The van der Waals surface area contributed by atoms with Crippen molar-refractivity contribution >= 4 is 58.0 Å². The quantitative estimate of drug-likeness (QED) is 0.184. The minimum atomic E-state index is -2.83. The largest absolute Gasteiger partial charge is 0.510 e. The Hall–Kier alpha value is -3.91. The highest BCUT2D eigenvalue weighted by Gasteiger charge is 2.66. The molecule has 1 aromatic carbocycles. The zero-order valence-electron chi connectivity index (χ0n) is 23.1. The van der Waals surface area contributed by atoms with Crippen LogP contribution in [0.2, 0.25) is 4.34 Å². The fraction of sp³-hybridized carbons (Fsp3) is 0.357. The van der Waals surface area contributed by atoms with E-state index in [1.807, 2.05) is 0 Å². The van der Waals surface area contributed by atoms with Gasteiger partial charge in [-0.05, 0) is 55.9 Å². The number of allylic oxidation sites excluding steroid dienone is 1. The fourth-order valence-electron chi connectivity index (χ4n) is 6.73. The van der Waals surface area contributed by atoms with Gasteiger partial charge in [-0.25, -0.2) is 0 Å². The van der Waals surface area contributed by atoms with Gasteiger partial charge in [0.1, 0.15) is 22.8 Å². The molecule has 12 nitrogen and oxygen atoms in total. The van der Waals surface area contributed by atoms with Gasteiger partial charge in [-0.15, -0.1) is 16.2 Å². The molecule has 3 aliphatic rings. The molecule has 220 valence electrons. The number of amides is 1. The van der Waals surface area contributed by atoms with Crippen molar-refractivity contribution in [3.63, 3.8) is 0 Å². The number of nitrogens with two attached hydrogens (primary N) is 1. The van der Waals surface area contributed by atoms with Crippen molar-refractivity contribution in [1.29, 1.82) is 5.41 Å². The van der Waals surface area contributed by atoms with E-state index in [1.165, 1.54) is 30.3 Å². The summed E-state index contributed by atoms with van der Waals surface area (Å²) in [5.74, 6) is -6.61. The molecule has 0 saturated carbocycles. The summed E-state index contributed by atoms with van der Waals surface area (Å²) in [5, 5.41) is 46.3. The maximum atomic E-state index is 14.4. The molecule has 1 amide bonds. The second-order valence-electron chi connectivity index (χ2n) is 11.2. The number of nitrogens with one attached hydrogen (secondary N) is 1. The number of carbonyl (C=O) groups excluding carboxylic acids is 3. The molecular formula is C28H28ClN5O7S. The lowest BCUT2D eigenvalue weighted by atomic mass is 9.52. The number of ketones is 2. The number of nitrogens with zero attached hydrogens (tertiary/aromatic N) is 3. The molecule has 0 bridgehead atoms. The molecule has 0 radical (unpaired) electrons. The number of aliphatic hydroxyl groups excluding tert-OH is 2. The molecule has 3 aliphatic carbocycles. The van der Waals surface area contributed by atoms with Crippen molar-refractivity contribution in [1.82, 2.24) is 4.90 Å². The van der Waals surface area contributed by atoms with Gasteiger partial charge in [0.15, 0.2) is 11.4 Å². The van der Waals surface area contributed by atoms with Gasteiger partial charge in [0.05, 0.1) is 21.5 Å². The number of thiophene rings is 1. The van der Waals surface area contributed by atoms with E-state index in [1.54, 1.807) is 37.2 Å². The maximum Gasteiger partial charge on any atom is 0.255 e. The van der Waals surface area contributed by atoms with Crippen LogP contribution < -0.4 is 10.6 Å². The molecule has 1 aromatic heterocycles. The van der Waals surface area contributed by atoms with E-state index in [0.717, 1.165) is 6.21 Å². The molecule has 0 unspecified atom stereocenters. The van der Waals surface area contributed by atoms with E-state index < -0.39 is 63.1 Å². The molecule has 0 saturated heterocycles. The second kappa shape index (κ2) is 9.83. The Bertz CT molecular complexity index is 1680. The molecule has 14 heteroatoms. The summed E-state index contributed by atoms with van der Waals surface area (Å²) in [7, 11) is 6.56. The van der Waals surface area contributed by atoms with Crippen molar-refractivity contribution in [2.75, 3.05) is 33.1 Å². The van der Waals surface area contributed by atoms with Crippen LogP contribution in [0.15, 0.2) is 46.0 Å². The minimum Gasteiger partial charge on any atom is -0.510 e. The molecule has 4 atom stereocenters. The number of anilines is 1. The molecule has 0 aliphatic heterocycles. The number of likely N-dealkylation sites (N-methyl/N-ethyl adjacent to an activating group) is 1. The van der Waals surface area contributed by atoms with Crippen molar-refractivity contribution in [2.45, 2.75) is 24.5 Å². The Morgan fingerprint density at radius 2 is 1.90 bits per heavy atom. The van der Waals surface area contributed by atoms with Gasteiger partial charge in [0.2, 0.25) is 5.78 Å². The van der Waals surface area contributed by atoms with Gasteiger partial charge in [-0.3, -0.25) is 19.3 Å². The number of fused-ring (bicyclic) bond motifs is 3. The highest BCUT2D eigenvalue weighted by molar-refractivity contribution is 7.19. The lowest BCUT2D eigenvalue weighted by Gasteiger charge is -2.53. The van der Waals surface area contributed by atoms with E-state index in [9.17, 15) is 34.6 Å². The standard InChI is InChI=1S/C28H28ClN5O7S/c1-33(2)14-7-11(15-5-6-16(29)42-15)20(32-41)17-12(14)8-27(10-30)9-13-21(34(3)4)23(36)18(26(31)39)24(37)28(13,40)25(38)19(27)22(17)35/h5-7,10,13,21,30,36,38,40H,8-9H2,1-4H3,(H2,31,39)/t13-,21-,27-,28+/m0/s1. The zero-order valence-corrected chi connectivity index (χ0v) is 24.6. The Labute approximate surface area is 249 Å². The Morgan fingerprint density at radius 3 is 2.40 bits per heavy atom. The molecular weight excluding hydrogens is 586 g/mol. The van der Waals surface area contributed by atoms with Gasteiger partial charge < -0.3 is 31.4 Å². The average Bonchev–Trinajstić information content (AvgIpc) is 3.35. The number of hydrogen-bond acceptors (Lipinski definition) is 12. The lowest BCUT2D eigenvalue weighted by Crippen LogP contribution is -2.65. The third-order valence-corrected chi connectivity index (χ3v) is 9.79. The maximum absolute atomic E-state index is 14.4. The SMILES string of the molecule is CN(C)c1cc(-c2ccc(Cl)s2)c(N=O)c2c1C[C@@]1(C=N)C[C@H]3[C@H](N(C)C)C(O)=C(C(N)=O)C(=O)[C@@]3(O)C(O)=C1C2=O. The average molecular weight is 614 g/mol. The minimum absolute atomic E-state index is 0.0768. The monoisotopic (exact) mass is 613 g/mol. The van der Waals surface area contributed by atoms with Crippen LogP contribution in [-0.4, -0.2) is 83.7 Å². The van der Waals surface area contributed by atoms with E-state index in [2.05, 4.69) is 5.18 Å². The first-order chi connectivity index (χ1) is 19.7. The smallest absolute Gasteiger partial charge is 0.255 e. The highest BCUT2D eigenvalue weighted by atomic mass is 35.5. The normalized spacial score (nSPS) is 27.0. The van der Waals surface area contributed by atoms with Crippen molar-refractivity contribution in [3.05, 3.63) is 61.2 Å². The fourth-order valence-corrected chi connectivity index (χ4v) is 7.79. The Morgan fingerprint density at radius 1 is 1.24 bits per heavy atom. The number of Topliss-reactive ketones (excluding diaryl/α,β-unsaturated/α-hetero) is 2. The van der Waals surface area contributed by atoms with Crippen LogP contribution in [0.1, 0.15) is 22.3 Å². The van der Waals surface area contributed by atoms with E-state index in [-0.39, 0.29) is 24.1 Å². The van der Waals surface area contributed by atoms with Crippen LogP contribution in [0.4, 0.5) is 11.4 Å². The first kappa shape index (κ1) is 29.6.